The van der Waals surface area contributed by atoms with Crippen LogP contribution in [0.5, 0.6) is 11.5 Å². The minimum Gasteiger partial charge on any atom is -0.490 e. The Hall–Kier alpha value is -2.29. The summed E-state index contributed by atoms with van der Waals surface area (Å²) in [5, 5.41) is 0.711. The van der Waals surface area contributed by atoms with E-state index in [-0.39, 0.29) is 0 Å². The van der Waals surface area contributed by atoms with Crippen LogP contribution in [0.1, 0.15) is 18.1 Å². The normalized spacial score (nSPS) is 14.0. The van der Waals surface area contributed by atoms with Crippen molar-refractivity contribution in [1.29, 1.82) is 0 Å². The van der Waals surface area contributed by atoms with Crippen molar-refractivity contribution in [1.82, 2.24) is 0 Å². The van der Waals surface area contributed by atoms with E-state index in [1.54, 1.807) is 0 Å². The molecular weight excluding hydrogens is 551 g/mol. The molecule has 1 aliphatic rings. The van der Waals surface area contributed by atoms with E-state index in [1.165, 1.54) is 5.69 Å². The highest BCUT2D eigenvalue weighted by Gasteiger charge is 2.13. The highest BCUT2D eigenvalue weighted by Crippen LogP contribution is 2.35. The van der Waals surface area contributed by atoms with Crippen LogP contribution in [0.4, 0.5) is 11.4 Å². The molecule has 0 spiro atoms. The van der Waals surface area contributed by atoms with Gasteiger partial charge in [-0.25, -0.2) is 0 Å². The van der Waals surface area contributed by atoms with E-state index in [0.717, 1.165) is 52.4 Å². The Balaban J connectivity index is 1.47. The van der Waals surface area contributed by atoms with Crippen LogP contribution >= 0.6 is 34.2 Å². The molecule has 0 unspecified atom stereocenters. The molecule has 1 aliphatic heterocycles. The third-order valence-electron chi connectivity index (χ3n) is 5.22. The molecular formula is C26H26ClIN2O3. The molecule has 3 aromatic rings. The predicted molar refractivity (Wildman–Crippen MR) is 143 cm³/mol. The highest BCUT2D eigenvalue weighted by molar-refractivity contribution is 14.1. The number of morpholine rings is 1. The molecule has 0 bridgehead atoms. The number of halogens is 2. The average Bonchev–Trinajstić information content (AvgIpc) is 2.84. The van der Waals surface area contributed by atoms with Crippen LogP contribution in [0.2, 0.25) is 5.02 Å². The van der Waals surface area contributed by atoms with Gasteiger partial charge < -0.3 is 19.1 Å². The van der Waals surface area contributed by atoms with Crippen LogP contribution in [0.25, 0.3) is 0 Å². The molecule has 1 fully saturated rings. The Bertz CT molecular complexity index is 1080. The number of hydrogen-bond acceptors (Lipinski definition) is 5. The van der Waals surface area contributed by atoms with Gasteiger partial charge in [-0.2, -0.15) is 0 Å². The molecule has 1 heterocycles. The average molecular weight is 577 g/mol. The first-order valence-electron chi connectivity index (χ1n) is 10.9. The quantitative estimate of drug-likeness (QED) is 0.227. The second kappa shape index (κ2) is 11.7. The van der Waals surface area contributed by atoms with Gasteiger partial charge in [0.05, 0.1) is 29.1 Å². The fourth-order valence-electron chi connectivity index (χ4n) is 3.52. The summed E-state index contributed by atoms with van der Waals surface area (Å²) < 4.78 is 18.4. The minimum absolute atomic E-state index is 0.441. The summed E-state index contributed by atoms with van der Waals surface area (Å²) in [6, 6.07) is 20.0. The zero-order chi connectivity index (χ0) is 23.0. The van der Waals surface area contributed by atoms with E-state index < -0.39 is 0 Å². The van der Waals surface area contributed by atoms with Gasteiger partial charge >= 0.3 is 0 Å². The topological polar surface area (TPSA) is 43.3 Å². The first kappa shape index (κ1) is 23.9. The maximum Gasteiger partial charge on any atom is 0.175 e. The van der Waals surface area contributed by atoms with Crippen molar-refractivity contribution in [2.45, 2.75) is 13.5 Å². The molecule has 0 amide bonds. The van der Waals surface area contributed by atoms with E-state index in [0.29, 0.717) is 24.0 Å². The number of rotatable bonds is 8. The van der Waals surface area contributed by atoms with Gasteiger partial charge in [0, 0.05) is 30.0 Å². The number of nitrogens with zero attached hydrogens (tertiary/aromatic N) is 2. The Labute approximate surface area is 213 Å². The number of aliphatic imine (C=N–C) groups is 1. The molecule has 3 aromatic carbocycles. The summed E-state index contributed by atoms with van der Waals surface area (Å²) in [6.45, 7) is 6.36. The molecule has 1 saturated heterocycles. The number of benzene rings is 3. The second-order valence-corrected chi connectivity index (χ2v) is 9.15. The number of hydrogen-bond donors (Lipinski definition) is 0. The van der Waals surface area contributed by atoms with Gasteiger partial charge in [0.25, 0.3) is 0 Å². The van der Waals surface area contributed by atoms with Gasteiger partial charge in [-0.3, -0.25) is 4.99 Å². The molecule has 0 N–H and O–H groups in total. The monoisotopic (exact) mass is 576 g/mol. The SMILES string of the molecule is CCOc1cc(C=Nc2ccc(N3CCOCC3)cc2)cc(I)c1OCc1ccc(Cl)cc1. The van der Waals surface area contributed by atoms with E-state index in [4.69, 9.17) is 25.8 Å². The van der Waals surface area contributed by atoms with Crippen LogP contribution in [-0.4, -0.2) is 39.1 Å². The predicted octanol–water partition coefficient (Wildman–Crippen LogP) is 6.51. The van der Waals surface area contributed by atoms with Crippen molar-refractivity contribution in [3.05, 3.63) is 80.4 Å². The zero-order valence-electron chi connectivity index (χ0n) is 18.5. The van der Waals surface area contributed by atoms with E-state index in [2.05, 4.69) is 44.6 Å². The first-order valence-corrected chi connectivity index (χ1v) is 12.4. The summed E-state index contributed by atoms with van der Waals surface area (Å²) >= 11 is 8.25. The molecule has 0 radical (unpaired) electrons. The summed E-state index contributed by atoms with van der Waals surface area (Å²) in [7, 11) is 0. The molecule has 5 nitrogen and oxygen atoms in total. The fourth-order valence-corrected chi connectivity index (χ4v) is 4.43. The molecule has 172 valence electrons. The van der Waals surface area contributed by atoms with Crippen LogP contribution in [0.15, 0.2) is 65.7 Å². The van der Waals surface area contributed by atoms with Crippen molar-refractivity contribution in [3.63, 3.8) is 0 Å². The van der Waals surface area contributed by atoms with Crippen molar-refractivity contribution < 1.29 is 14.2 Å². The van der Waals surface area contributed by atoms with E-state index in [9.17, 15) is 0 Å². The molecule has 0 atom stereocenters. The van der Waals surface area contributed by atoms with Crippen LogP contribution < -0.4 is 14.4 Å². The lowest BCUT2D eigenvalue weighted by molar-refractivity contribution is 0.122. The third kappa shape index (κ3) is 6.62. The lowest BCUT2D eigenvalue weighted by Crippen LogP contribution is -2.36. The summed E-state index contributed by atoms with van der Waals surface area (Å²) in [4.78, 5) is 6.99. The largest absolute Gasteiger partial charge is 0.490 e. The first-order chi connectivity index (χ1) is 16.1. The van der Waals surface area contributed by atoms with Crippen molar-refractivity contribution in [2.75, 3.05) is 37.8 Å². The van der Waals surface area contributed by atoms with Gasteiger partial charge in [-0.1, -0.05) is 23.7 Å². The molecule has 4 rings (SSSR count). The summed E-state index contributed by atoms with van der Waals surface area (Å²) in [5.74, 6) is 1.45. The Morgan fingerprint density at radius 3 is 2.45 bits per heavy atom. The Morgan fingerprint density at radius 1 is 1.03 bits per heavy atom. The second-order valence-electron chi connectivity index (χ2n) is 7.55. The zero-order valence-corrected chi connectivity index (χ0v) is 21.4. The molecule has 0 saturated carbocycles. The van der Waals surface area contributed by atoms with Gasteiger partial charge in [0.1, 0.15) is 6.61 Å². The van der Waals surface area contributed by atoms with E-state index >= 15 is 0 Å². The molecule has 0 aliphatic carbocycles. The van der Waals surface area contributed by atoms with Gasteiger partial charge in [-0.15, -0.1) is 0 Å². The Kier molecular flexibility index (Phi) is 8.47. The highest BCUT2D eigenvalue weighted by atomic mass is 127. The van der Waals surface area contributed by atoms with E-state index in [1.807, 2.05) is 61.7 Å². The van der Waals surface area contributed by atoms with Gasteiger partial charge in [-0.05, 0) is 89.2 Å². The smallest absolute Gasteiger partial charge is 0.175 e. The van der Waals surface area contributed by atoms with Crippen molar-refractivity contribution in [2.24, 2.45) is 4.99 Å². The maximum absolute atomic E-state index is 6.10. The molecule has 0 aromatic heterocycles. The fraction of sp³-hybridized carbons (Fsp3) is 0.269. The lowest BCUT2D eigenvalue weighted by atomic mass is 10.2. The van der Waals surface area contributed by atoms with Crippen molar-refractivity contribution in [3.8, 4) is 11.5 Å². The third-order valence-corrected chi connectivity index (χ3v) is 6.27. The minimum atomic E-state index is 0.441. The number of anilines is 1. The number of ether oxygens (including phenoxy) is 3. The summed E-state index contributed by atoms with van der Waals surface area (Å²) in [5.41, 5.74) is 4.11. The van der Waals surface area contributed by atoms with Crippen LogP contribution in [-0.2, 0) is 11.3 Å². The van der Waals surface area contributed by atoms with Gasteiger partial charge in [0.2, 0.25) is 0 Å². The lowest BCUT2D eigenvalue weighted by Gasteiger charge is -2.28. The molecule has 7 heteroatoms. The summed E-state index contributed by atoms with van der Waals surface area (Å²) in [6.07, 6.45) is 1.86. The van der Waals surface area contributed by atoms with Crippen molar-refractivity contribution >= 4 is 51.8 Å². The standard InChI is InChI=1S/C26H26ClIN2O3/c1-2-32-25-16-20(15-24(28)26(25)33-18-19-3-5-21(27)6-4-19)17-29-22-7-9-23(10-8-22)30-11-13-31-14-12-30/h3-10,15-17H,2,11-14,18H2,1H3. The van der Waals surface area contributed by atoms with Crippen LogP contribution in [0, 0.1) is 3.57 Å². The van der Waals surface area contributed by atoms with Crippen LogP contribution in [0.3, 0.4) is 0 Å². The van der Waals surface area contributed by atoms with Gasteiger partial charge in [0.15, 0.2) is 11.5 Å². The maximum atomic E-state index is 6.10. The Morgan fingerprint density at radius 2 is 1.76 bits per heavy atom. The molecule has 33 heavy (non-hydrogen) atoms.